The van der Waals surface area contributed by atoms with Crippen LogP contribution < -0.4 is 11.2 Å². The molecule has 110 valence electrons. The summed E-state index contributed by atoms with van der Waals surface area (Å²) in [6, 6.07) is 0. The third-order valence-corrected chi connectivity index (χ3v) is 3.60. The number of Topliss-reactive ketones (excluding diaryl/α,β-unsaturated/α-hetero) is 1. The molecule has 2 rings (SSSR count). The topological polar surface area (TPSA) is 122 Å². The molecule has 1 aromatic rings. The van der Waals surface area contributed by atoms with Crippen LogP contribution in [-0.4, -0.2) is 43.9 Å². The molecule has 0 amide bonds. The summed E-state index contributed by atoms with van der Waals surface area (Å²) in [4.78, 5) is 36.8. The lowest BCUT2D eigenvalue weighted by Crippen LogP contribution is -2.49. The molecule has 0 radical (unpaired) electrons. The van der Waals surface area contributed by atoms with Gasteiger partial charge in [0.1, 0.15) is 6.23 Å². The van der Waals surface area contributed by atoms with Crippen molar-refractivity contribution in [2.45, 2.75) is 38.2 Å². The summed E-state index contributed by atoms with van der Waals surface area (Å²) in [7, 11) is 0. The quantitative estimate of drug-likeness (QED) is 0.617. The van der Waals surface area contributed by atoms with Gasteiger partial charge in [0.15, 0.2) is 11.4 Å². The van der Waals surface area contributed by atoms with Gasteiger partial charge in [-0.15, -0.1) is 0 Å². The maximum Gasteiger partial charge on any atom is 0.330 e. The fraction of sp³-hybridized carbons (Fsp3) is 0.583. The number of H-pyrrole nitrogens is 1. The molecule has 1 saturated heterocycles. The molecule has 0 saturated carbocycles. The number of hydrogen-bond donors (Lipinski definition) is 3. The van der Waals surface area contributed by atoms with E-state index in [0.29, 0.717) is 5.56 Å². The van der Waals surface area contributed by atoms with Crippen LogP contribution in [0.15, 0.2) is 15.8 Å². The number of aryl methyl sites for hydroxylation is 1. The maximum absolute atomic E-state index is 11.8. The highest BCUT2D eigenvalue weighted by molar-refractivity contribution is 5.86. The van der Waals surface area contributed by atoms with Crippen molar-refractivity contribution in [3.63, 3.8) is 0 Å². The van der Waals surface area contributed by atoms with Gasteiger partial charge < -0.3 is 14.9 Å². The Balaban J connectivity index is 2.43. The first kappa shape index (κ1) is 14.6. The zero-order valence-electron chi connectivity index (χ0n) is 11.1. The third kappa shape index (κ3) is 2.11. The van der Waals surface area contributed by atoms with Crippen molar-refractivity contribution in [3.05, 3.63) is 32.6 Å². The number of aliphatic hydroxyl groups is 2. The second-order valence-corrected chi connectivity index (χ2v) is 4.91. The number of hydrogen-bond acceptors (Lipinski definition) is 6. The zero-order valence-corrected chi connectivity index (χ0v) is 11.1. The number of rotatable bonds is 3. The Morgan fingerprint density at radius 1 is 1.60 bits per heavy atom. The molecule has 3 atom stereocenters. The minimum absolute atomic E-state index is 0.0362. The van der Waals surface area contributed by atoms with Crippen molar-refractivity contribution < 1.29 is 19.7 Å². The van der Waals surface area contributed by atoms with Crippen LogP contribution in [0.5, 0.6) is 0 Å². The van der Waals surface area contributed by atoms with Gasteiger partial charge >= 0.3 is 5.69 Å². The first-order valence-electron chi connectivity index (χ1n) is 6.11. The van der Waals surface area contributed by atoms with Crippen molar-refractivity contribution in [2.24, 2.45) is 0 Å². The van der Waals surface area contributed by atoms with E-state index in [4.69, 9.17) is 4.74 Å². The van der Waals surface area contributed by atoms with Crippen LogP contribution in [0.25, 0.3) is 0 Å². The van der Waals surface area contributed by atoms with Crippen LogP contribution in [-0.2, 0) is 9.53 Å². The molecule has 0 aromatic carbocycles. The van der Waals surface area contributed by atoms with Crippen molar-refractivity contribution in [1.82, 2.24) is 9.55 Å². The summed E-state index contributed by atoms with van der Waals surface area (Å²) in [5, 5.41) is 19.3. The highest BCUT2D eigenvalue weighted by atomic mass is 16.6. The number of ketones is 1. The van der Waals surface area contributed by atoms with Crippen molar-refractivity contribution in [2.75, 3.05) is 6.61 Å². The van der Waals surface area contributed by atoms with Gasteiger partial charge in [-0.25, -0.2) is 4.79 Å². The van der Waals surface area contributed by atoms with Gasteiger partial charge in [-0.1, -0.05) is 0 Å². The Morgan fingerprint density at radius 2 is 2.25 bits per heavy atom. The van der Waals surface area contributed by atoms with E-state index in [1.165, 1.54) is 20.0 Å². The number of aliphatic hydroxyl groups excluding tert-OH is 2. The fourth-order valence-electron chi connectivity index (χ4n) is 2.29. The molecule has 3 N–H and O–H groups in total. The standard InChI is InChI=1S/C12H16N2O6/c1-6-4-14(11(19)13-10(6)18)9-3-8(17)12(5-15,20-9)7(2)16/h4,8-9,15,17H,3,5H2,1-2H3,(H,13,18,19)/t8-,9+,12-/m0/s1. The predicted octanol–water partition coefficient (Wildman–Crippen LogP) is -1.56. The molecule has 0 unspecified atom stereocenters. The number of aromatic amines is 1. The molecule has 2 heterocycles. The van der Waals surface area contributed by atoms with Crippen LogP contribution in [0.3, 0.4) is 0 Å². The van der Waals surface area contributed by atoms with Crippen LogP contribution in [0.2, 0.25) is 0 Å². The molecule has 1 aromatic heterocycles. The number of nitrogens with one attached hydrogen (secondary N) is 1. The Morgan fingerprint density at radius 3 is 2.75 bits per heavy atom. The minimum atomic E-state index is -1.73. The van der Waals surface area contributed by atoms with Crippen molar-refractivity contribution in [3.8, 4) is 0 Å². The van der Waals surface area contributed by atoms with Gasteiger partial charge in [0.2, 0.25) is 0 Å². The van der Waals surface area contributed by atoms with Crippen LogP contribution >= 0.6 is 0 Å². The highest BCUT2D eigenvalue weighted by Crippen LogP contribution is 2.36. The van der Waals surface area contributed by atoms with Gasteiger partial charge in [0, 0.05) is 18.2 Å². The van der Waals surface area contributed by atoms with E-state index < -0.39 is 41.6 Å². The van der Waals surface area contributed by atoms with Gasteiger partial charge in [-0.2, -0.15) is 0 Å². The Labute approximate surface area is 113 Å². The third-order valence-electron chi connectivity index (χ3n) is 3.60. The first-order chi connectivity index (χ1) is 9.31. The fourth-order valence-corrected chi connectivity index (χ4v) is 2.29. The smallest absolute Gasteiger partial charge is 0.330 e. The van der Waals surface area contributed by atoms with E-state index in [1.807, 2.05) is 0 Å². The van der Waals surface area contributed by atoms with Gasteiger partial charge in [0.05, 0.1) is 12.7 Å². The van der Waals surface area contributed by atoms with Crippen LogP contribution in [0, 0.1) is 6.92 Å². The van der Waals surface area contributed by atoms with E-state index >= 15 is 0 Å². The SMILES string of the molecule is CC(=O)[C@]1(CO)O[C@@H](n2cc(C)c(=O)[nH]c2=O)C[C@@H]1O. The second-order valence-electron chi connectivity index (χ2n) is 4.91. The molecule has 1 fully saturated rings. The van der Waals surface area contributed by atoms with Crippen molar-refractivity contribution >= 4 is 5.78 Å². The lowest BCUT2D eigenvalue weighted by atomic mass is 9.93. The molecule has 20 heavy (non-hydrogen) atoms. The van der Waals surface area contributed by atoms with Crippen LogP contribution in [0.4, 0.5) is 0 Å². The number of carbonyl (C=O) groups excluding carboxylic acids is 1. The van der Waals surface area contributed by atoms with E-state index in [2.05, 4.69) is 4.98 Å². The zero-order chi connectivity index (χ0) is 15.1. The average Bonchev–Trinajstić information content (AvgIpc) is 2.72. The van der Waals surface area contributed by atoms with Gasteiger partial charge in [-0.05, 0) is 13.8 Å². The second kappa shape index (κ2) is 4.97. The van der Waals surface area contributed by atoms with E-state index in [9.17, 15) is 24.6 Å². The lowest BCUT2D eigenvalue weighted by Gasteiger charge is -2.27. The van der Waals surface area contributed by atoms with Crippen LogP contribution in [0.1, 0.15) is 25.1 Å². The molecule has 8 heteroatoms. The first-order valence-corrected chi connectivity index (χ1v) is 6.11. The summed E-state index contributed by atoms with van der Waals surface area (Å²) < 4.78 is 6.52. The Hall–Kier alpha value is -1.77. The maximum atomic E-state index is 11.8. The Bertz CT molecular complexity index is 648. The summed E-state index contributed by atoms with van der Waals surface area (Å²) in [6.07, 6.45) is -0.893. The minimum Gasteiger partial charge on any atom is -0.393 e. The molecule has 0 aliphatic carbocycles. The molecular weight excluding hydrogens is 268 g/mol. The molecule has 1 aliphatic heterocycles. The molecular formula is C12H16N2O6. The molecule has 8 nitrogen and oxygen atoms in total. The van der Waals surface area contributed by atoms with Gasteiger partial charge in [0.25, 0.3) is 5.56 Å². The summed E-state index contributed by atoms with van der Waals surface area (Å²) in [5.74, 6) is -0.524. The predicted molar refractivity (Wildman–Crippen MR) is 67.3 cm³/mol. The molecule has 1 aliphatic rings. The number of aromatic nitrogens is 2. The molecule has 0 spiro atoms. The Kier molecular flexibility index (Phi) is 3.63. The highest BCUT2D eigenvalue weighted by Gasteiger charge is 2.52. The number of ether oxygens (including phenoxy) is 1. The largest absolute Gasteiger partial charge is 0.393 e. The number of nitrogens with zero attached hydrogens (tertiary/aromatic N) is 1. The number of carbonyl (C=O) groups is 1. The van der Waals surface area contributed by atoms with Gasteiger partial charge in [-0.3, -0.25) is 19.1 Å². The molecule has 0 bridgehead atoms. The van der Waals surface area contributed by atoms with Crippen molar-refractivity contribution in [1.29, 1.82) is 0 Å². The van der Waals surface area contributed by atoms with E-state index in [0.717, 1.165) is 4.57 Å². The average molecular weight is 284 g/mol. The summed E-state index contributed by atoms with van der Waals surface area (Å²) in [6.45, 7) is 2.03. The normalized spacial score (nSPS) is 29.6. The summed E-state index contributed by atoms with van der Waals surface area (Å²) >= 11 is 0. The van der Waals surface area contributed by atoms with E-state index in [1.54, 1.807) is 0 Å². The summed E-state index contributed by atoms with van der Waals surface area (Å²) in [5.41, 5.74) is -2.64. The van der Waals surface area contributed by atoms with E-state index in [-0.39, 0.29) is 6.42 Å². The monoisotopic (exact) mass is 284 g/mol. The lowest BCUT2D eigenvalue weighted by molar-refractivity contribution is -0.162.